The molecule has 0 aromatic heterocycles. The number of hydrogen-bond acceptors (Lipinski definition) is 2. The minimum atomic E-state index is 0.154. The molecular formula is C10H18N2. The van der Waals surface area contributed by atoms with Crippen LogP contribution in [0, 0.1) is 23.2 Å². The largest absolute Gasteiger partial charge is 0.313 e. The predicted molar refractivity (Wildman–Crippen MR) is 49.6 cm³/mol. The van der Waals surface area contributed by atoms with E-state index in [0.717, 1.165) is 12.5 Å². The fourth-order valence-corrected chi connectivity index (χ4v) is 1.78. The molecule has 0 radical (unpaired) electrons. The van der Waals surface area contributed by atoms with Gasteiger partial charge in [0.1, 0.15) is 0 Å². The Labute approximate surface area is 75.0 Å². The summed E-state index contributed by atoms with van der Waals surface area (Å²) >= 11 is 0. The molecule has 1 saturated carbocycles. The Balaban J connectivity index is 2.12. The molecule has 0 aliphatic heterocycles. The van der Waals surface area contributed by atoms with Crippen molar-refractivity contribution < 1.29 is 0 Å². The van der Waals surface area contributed by atoms with Crippen molar-refractivity contribution in [2.75, 3.05) is 6.54 Å². The summed E-state index contributed by atoms with van der Waals surface area (Å²) in [5, 5.41) is 12.0. The molecule has 68 valence electrons. The molecule has 3 unspecified atom stereocenters. The van der Waals surface area contributed by atoms with Crippen molar-refractivity contribution in [1.82, 2.24) is 5.32 Å². The summed E-state index contributed by atoms with van der Waals surface area (Å²) in [5.41, 5.74) is 0. The van der Waals surface area contributed by atoms with Crippen LogP contribution in [0.25, 0.3) is 0 Å². The Hall–Kier alpha value is -0.550. The van der Waals surface area contributed by atoms with Gasteiger partial charge in [0, 0.05) is 12.6 Å². The molecule has 0 aromatic carbocycles. The number of nitriles is 1. The standard InChI is InChI=1S/C10H18N2/c1-8-3-4-10(5-8)12-7-9(2)6-11/h8-10,12H,3-5,7H2,1-2H3. The highest BCUT2D eigenvalue weighted by molar-refractivity contribution is 4.84. The van der Waals surface area contributed by atoms with Crippen molar-refractivity contribution in [2.24, 2.45) is 11.8 Å². The smallest absolute Gasteiger partial charge is 0.0666 e. The molecule has 12 heavy (non-hydrogen) atoms. The van der Waals surface area contributed by atoms with E-state index >= 15 is 0 Å². The van der Waals surface area contributed by atoms with Gasteiger partial charge in [-0.2, -0.15) is 5.26 Å². The molecule has 0 bridgehead atoms. The van der Waals surface area contributed by atoms with Gasteiger partial charge in [0.05, 0.1) is 12.0 Å². The van der Waals surface area contributed by atoms with E-state index in [-0.39, 0.29) is 5.92 Å². The normalized spacial score (nSPS) is 31.4. The lowest BCUT2D eigenvalue weighted by Crippen LogP contribution is -2.30. The van der Waals surface area contributed by atoms with Crippen LogP contribution in [-0.4, -0.2) is 12.6 Å². The first-order chi connectivity index (χ1) is 5.72. The Morgan fingerprint density at radius 2 is 2.33 bits per heavy atom. The summed E-state index contributed by atoms with van der Waals surface area (Å²) in [4.78, 5) is 0. The molecule has 2 heteroatoms. The SMILES string of the molecule is CC(C#N)CNC1CCC(C)C1. The van der Waals surface area contributed by atoms with Crippen LogP contribution in [0.15, 0.2) is 0 Å². The fraction of sp³-hybridized carbons (Fsp3) is 0.900. The van der Waals surface area contributed by atoms with E-state index in [0.29, 0.717) is 6.04 Å². The van der Waals surface area contributed by atoms with Gasteiger partial charge in [-0.15, -0.1) is 0 Å². The average Bonchev–Trinajstić information content (AvgIpc) is 2.47. The number of rotatable bonds is 3. The van der Waals surface area contributed by atoms with Crippen molar-refractivity contribution in [3.05, 3.63) is 0 Å². The molecule has 3 atom stereocenters. The quantitative estimate of drug-likeness (QED) is 0.695. The Morgan fingerprint density at radius 1 is 1.58 bits per heavy atom. The lowest BCUT2D eigenvalue weighted by atomic mass is 10.1. The first-order valence-corrected chi connectivity index (χ1v) is 4.85. The monoisotopic (exact) mass is 166 g/mol. The second-order valence-electron chi connectivity index (χ2n) is 4.05. The van der Waals surface area contributed by atoms with Crippen LogP contribution in [0.3, 0.4) is 0 Å². The van der Waals surface area contributed by atoms with Gasteiger partial charge in [0.25, 0.3) is 0 Å². The highest BCUT2D eigenvalue weighted by atomic mass is 14.9. The maximum Gasteiger partial charge on any atom is 0.0666 e. The zero-order valence-electron chi connectivity index (χ0n) is 8.01. The van der Waals surface area contributed by atoms with Crippen LogP contribution < -0.4 is 5.32 Å². The summed E-state index contributed by atoms with van der Waals surface area (Å²) in [7, 11) is 0. The van der Waals surface area contributed by atoms with Crippen molar-refractivity contribution in [3.63, 3.8) is 0 Å². The van der Waals surface area contributed by atoms with Gasteiger partial charge >= 0.3 is 0 Å². The number of hydrogen-bond donors (Lipinski definition) is 1. The molecule has 2 nitrogen and oxygen atoms in total. The minimum Gasteiger partial charge on any atom is -0.313 e. The summed E-state index contributed by atoms with van der Waals surface area (Å²) < 4.78 is 0. The third-order valence-corrected chi connectivity index (χ3v) is 2.63. The maximum atomic E-state index is 8.57. The summed E-state index contributed by atoms with van der Waals surface area (Å²) in [6.07, 6.45) is 3.93. The van der Waals surface area contributed by atoms with Crippen LogP contribution in [0.1, 0.15) is 33.1 Å². The van der Waals surface area contributed by atoms with Crippen molar-refractivity contribution >= 4 is 0 Å². The van der Waals surface area contributed by atoms with Gasteiger partial charge in [-0.1, -0.05) is 6.92 Å². The van der Waals surface area contributed by atoms with E-state index in [1.54, 1.807) is 0 Å². The maximum absolute atomic E-state index is 8.57. The van der Waals surface area contributed by atoms with E-state index in [9.17, 15) is 0 Å². The van der Waals surface area contributed by atoms with Gasteiger partial charge in [-0.25, -0.2) is 0 Å². The van der Waals surface area contributed by atoms with E-state index < -0.39 is 0 Å². The zero-order chi connectivity index (χ0) is 8.97. The molecule has 0 saturated heterocycles. The first kappa shape index (κ1) is 9.54. The molecular weight excluding hydrogens is 148 g/mol. The van der Waals surface area contributed by atoms with Crippen LogP contribution in [-0.2, 0) is 0 Å². The molecule has 1 aliphatic carbocycles. The first-order valence-electron chi connectivity index (χ1n) is 4.85. The predicted octanol–water partition coefficient (Wildman–Crippen LogP) is 1.92. The highest BCUT2D eigenvalue weighted by Crippen LogP contribution is 2.24. The molecule has 0 aromatic rings. The van der Waals surface area contributed by atoms with E-state index in [2.05, 4.69) is 18.3 Å². The van der Waals surface area contributed by atoms with Crippen LogP contribution in [0.2, 0.25) is 0 Å². The molecule has 0 spiro atoms. The van der Waals surface area contributed by atoms with Gasteiger partial charge in [-0.05, 0) is 32.1 Å². The van der Waals surface area contributed by atoms with E-state index in [1.165, 1.54) is 19.3 Å². The minimum absolute atomic E-state index is 0.154. The molecule has 1 fully saturated rings. The van der Waals surface area contributed by atoms with Crippen molar-refractivity contribution in [1.29, 1.82) is 5.26 Å². The van der Waals surface area contributed by atoms with Crippen molar-refractivity contribution in [2.45, 2.75) is 39.2 Å². The summed E-state index contributed by atoms with van der Waals surface area (Å²) in [6, 6.07) is 2.91. The van der Waals surface area contributed by atoms with Crippen LogP contribution in [0.5, 0.6) is 0 Å². The second kappa shape index (κ2) is 4.47. The Bertz CT molecular complexity index is 171. The lowest BCUT2D eigenvalue weighted by molar-refractivity contribution is 0.477. The highest BCUT2D eigenvalue weighted by Gasteiger charge is 2.20. The van der Waals surface area contributed by atoms with Gasteiger partial charge in [0.15, 0.2) is 0 Å². The van der Waals surface area contributed by atoms with Gasteiger partial charge in [0.2, 0.25) is 0 Å². The number of nitrogens with one attached hydrogen (secondary N) is 1. The average molecular weight is 166 g/mol. The van der Waals surface area contributed by atoms with E-state index in [4.69, 9.17) is 5.26 Å². The third-order valence-electron chi connectivity index (χ3n) is 2.63. The third kappa shape index (κ3) is 2.83. The lowest BCUT2D eigenvalue weighted by Gasteiger charge is -2.12. The molecule has 1 aliphatic rings. The van der Waals surface area contributed by atoms with Crippen LogP contribution >= 0.6 is 0 Å². The topological polar surface area (TPSA) is 35.8 Å². The Kier molecular flexibility index (Phi) is 3.55. The van der Waals surface area contributed by atoms with Gasteiger partial charge < -0.3 is 5.32 Å². The molecule has 0 heterocycles. The van der Waals surface area contributed by atoms with Crippen molar-refractivity contribution in [3.8, 4) is 6.07 Å². The molecule has 0 amide bonds. The zero-order valence-corrected chi connectivity index (χ0v) is 8.01. The second-order valence-corrected chi connectivity index (χ2v) is 4.05. The Morgan fingerprint density at radius 3 is 2.83 bits per heavy atom. The summed E-state index contributed by atoms with van der Waals surface area (Å²) in [6.45, 7) is 5.12. The molecule has 1 N–H and O–H groups in total. The van der Waals surface area contributed by atoms with Gasteiger partial charge in [-0.3, -0.25) is 0 Å². The molecule has 1 rings (SSSR count). The number of nitrogens with zero attached hydrogens (tertiary/aromatic N) is 1. The summed E-state index contributed by atoms with van der Waals surface area (Å²) in [5.74, 6) is 1.03. The fourth-order valence-electron chi connectivity index (χ4n) is 1.78. The van der Waals surface area contributed by atoms with E-state index in [1.807, 2.05) is 6.92 Å². The van der Waals surface area contributed by atoms with Crippen LogP contribution in [0.4, 0.5) is 0 Å².